The predicted molar refractivity (Wildman–Crippen MR) is 128 cm³/mol. The first-order chi connectivity index (χ1) is 15.8. The Bertz CT molecular complexity index is 1360. The maximum atomic E-state index is 13.0. The van der Waals surface area contributed by atoms with Gasteiger partial charge in [-0.3, -0.25) is 14.8 Å². The van der Waals surface area contributed by atoms with Gasteiger partial charge in [0, 0.05) is 34.4 Å². The smallest absolute Gasteiger partial charge is 0.269 e. The molecule has 0 fully saturated rings. The number of hydrogen-bond acceptors (Lipinski definition) is 5. The minimum absolute atomic E-state index is 0.0343. The van der Waals surface area contributed by atoms with E-state index in [9.17, 15) is 18.5 Å². The van der Waals surface area contributed by atoms with E-state index in [2.05, 4.69) is 22.2 Å². The number of benzene rings is 3. The third-order valence-corrected chi connectivity index (χ3v) is 7.83. The summed E-state index contributed by atoms with van der Waals surface area (Å²) in [6.07, 6.45) is 5.06. The second kappa shape index (κ2) is 8.20. The molecule has 33 heavy (non-hydrogen) atoms. The summed E-state index contributed by atoms with van der Waals surface area (Å²) >= 11 is 5.89. The monoisotopic (exact) mass is 481 g/mol. The molecule has 1 heterocycles. The molecule has 3 aromatic carbocycles. The summed E-state index contributed by atoms with van der Waals surface area (Å²) in [5, 5.41) is 15.1. The van der Waals surface area contributed by atoms with Crippen molar-refractivity contribution in [2.45, 2.75) is 23.3 Å². The fraction of sp³-hybridized carbons (Fsp3) is 0.167. The first kappa shape index (κ1) is 21.5. The molecule has 168 valence electrons. The molecule has 2 N–H and O–H groups in total. The van der Waals surface area contributed by atoms with Crippen LogP contribution in [0.4, 0.5) is 17.1 Å². The molecule has 3 aromatic rings. The van der Waals surface area contributed by atoms with Crippen molar-refractivity contribution in [2.75, 3.05) is 10.0 Å². The van der Waals surface area contributed by atoms with Gasteiger partial charge in [-0.05, 0) is 65.9 Å². The van der Waals surface area contributed by atoms with E-state index in [4.69, 9.17) is 11.6 Å². The van der Waals surface area contributed by atoms with Crippen molar-refractivity contribution >= 4 is 38.7 Å². The quantitative estimate of drug-likeness (QED) is 0.269. The molecule has 1 aliphatic carbocycles. The van der Waals surface area contributed by atoms with E-state index in [-0.39, 0.29) is 28.5 Å². The number of nitrogens with zero attached hydrogens (tertiary/aromatic N) is 1. The molecule has 0 bridgehead atoms. The molecule has 0 spiro atoms. The van der Waals surface area contributed by atoms with Crippen LogP contribution in [0.5, 0.6) is 0 Å². The summed E-state index contributed by atoms with van der Waals surface area (Å²) in [6, 6.07) is 18.1. The number of nitro benzene ring substituents is 1. The number of sulfonamides is 1. The standard InChI is InChI=1S/C24H20ClN3O4S/c25-16-6-8-17(9-7-16)27-33(31,32)19-12-13-23-22(14-19)20-2-1-3-21(20)24(26-23)15-4-10-18(11-5-15)28(29)30/h1-2,4-14,20-21,24,26-27H,3H2/t20-,21+,24+/m0/s1. The van der Waals surface area contributed by atoms with Crippen molar-refractivity contribution < 1.29 is 13.3 Å². The van der Waals surface area contributed by atoms with Gasteiger partial charge in [0.25, 0.3) is 15.7 Å². The molecule has 0 aromatic heterocycles. The second-order valence-corrected chi connectivity index (χ2v) is 10.3. The Morgan fingerprint density at radius 3 is 2.45 bits per heavy atom. The average Bonchev–Trinajstić information content (AvgIpc) is 3.30. The van der Waals surface area contributed by atoms with Gasteiger partial charge in [-0.2, -0.15) is 0 Å². The molecular weight excluding hydrogens is 462 g/mol. The number of rotatable bonds is 5. The minimum atomic E-state index is -3.78. The van der Waals surface area contributed by atoms with E-state index in [1.165, 1.54) is 12.1 Å². The predicted octanol–water partition coefficient (Wildman–Crippen LogP) is 5.88. The Kier molecular flexibility index (Phi) is 5.34. The van der Waals surface area contributed by atoms with Gasteiger partial charge < -0.3 is 5.32 Å². The highest BCUT2D eigenvalue weighted by Crippen LogP contribution is 2.50. The molecule has 9 heteroatoms. The van der Waals surface area contributed by atoms with E-state index < -0.39 is 14.9 Å². The molecule has 1 aliphatic heterocycles. The number of halogens is 1. The molecule has 0 radical (unpaired) electrons. The Hall–Kier alpha value is -3.36. The lowest BCUT2D eigenvalue weighted by Gasteiger charge is -2.37. The number of allylic oxidation sites excluding steroid dienone is 2. The summed E-state index contributed by atoms with van der Waals surface area (Å²) in [5.41, 5.74) is 3.24. The molecule has 2 aliphatic rings. The summed E-state index contributed by atoms with van der Waals surface area (Å²) in [4.78, 5) is 10.8. The van der Waals surface area contributed by atoms with Crippen LogP contribution in [-0.4, -0.2) is 13.3 Å². The van der Waals surface area contributed by atoms with Gasteiger partial charge in [0.15, 0.2) is 0 Å². The number of anilines is 2. The van der Waals surface area contributed by atoms with Gasteiger partial charge in [-0.25, -0.2) is 8.42 Å². The van der Waals surface area contributed by atoms with Gasteiger partial charge in [0.1, 0.15) is 0 Å². The first-order valence-corrected chi connectivity index (χ1v) is 12.3. The zero-order chi connectivity index (χ0) is 23.2. The van der Waals surface area contributed by atoms with Crippen LogP contribution in [0.15, 0.2) is 83.8 Å². The van der Waals surface area contributed by atoms with Crippen LogP contribution in [0.2, 0.25) is 5.02 Å². The Morgan fingerprint density at radius 2 is 1.76 bits per heavy atom. The zero-order valence-electron chi connectivity index (χ0n) is 17.3. The number of non-ortho nitro benzene ring substituents is 1. The lowest BCUT2D eigenvalue weighted by atomic mass is 9.77. The maximum Gasteiger partial charge on any atom is 0.269 e. The SMILES string of the molecule is O=[N+]([O-])c1ccc([C@H]2Nc3ccc(S(=O)(=O)Nc4ccc(Cl)cc4)cc3[C@H]3C=CC[C@H]32)cc1. The molecule has 0 saturated carbocycles. The first-order valence-electron chi connectivity index (χ1n) is 10.4. The average molecular weight is 482 g/mol. The van der Waals surface area contributed by atoms with Crippen LogP contribution in [-0.2, 0) is 10.0 Å². The lowest BCUT2D eigenvalue weighted by molar-refractivity contribution is -0.384. The molecule has 7 nitrogen and oxygen atoms in total. The molecule has 0 amide bonds. The highest BCUT2D eigenvalue weighted by Gasteiger charge is 2.38. The largest absolute Gasteiger partial charge is 0.378 e. The zero-order valence-corrected chi connectivity index (χ0v) is 18.9. The Labute approximate surface area is 196 Å². The summed E-state index contributed by atoms with van der Waals surface area (Å²) in [6.45, 7) is 0. The Morgan fingerprint density at radius 1 is 1.03 bits per heavy atom. The van der Waals surface area contributed by atoms with E-state index >= 15 is 0 Å². The minimum Gasteiger partial charge on any atom is -0.378 e. The second-order valence-electron chi connectivity index (χ2n) is 8.19. The third-order valence-electron chi connectivity index (χ3n) is 6.20. The number of hydrogen-bond donors (Lipinski definition) is 2. The summed E-state index contributed by atoms with van der Waals surface area (Å²) in [7, 11) is -3.78. The van der Waals surface area contributed by atoms with Crippen LogP contribution >= 0.6 is 11.6 Å². The Balaban J connectivity index is 1.46. The number of fused-ring (bicyclic) bond motifs is 3. The highest BCUT2D eigenvalue weighted by molar-refractivity contribution is 7.92. The summed E-state index contributed by atoms with van der Waals surface area (Å²) in [5.74, 6) is 0.230. The molecular formula is C24H20ClN3O4S. The van der Waals surface area contributed by atoms with Crippen LogP contribution in [0.3, 0.4) is 0 Å². The van der Waals surface area contributed by atoms with Crippen LogP contribution in [0.1, 0.15) is 29.5 Å². The van der Waals surface area contributed by atoms with Gasteiger partial charge in [0.2, 0.25) is 0 Å². The summed E-state index contributed by atoms with van der Waals surface area (Å²) < 4.78 is 28.6. The third kappa shape index (κ3) is 4.07. The molecule has 5 rings (SSSR count). The van der Waals surface area contributed by atoms with Crippen molar-refractivity contribution in [1.82, 2.24) is 0 Å². The topological polar surface area (TPSA) is 101 Å². The molecule has 0 saturated heterocycles. The fourth-order valence-electron chi connectivity index (χ4n) is 4.61. The van der Waals surface area contributed by atoms with E-state index in [0.717, 1.165) is 23.2 Å². The van der Waals surface area contributed by atoms with Crippen molar-refractivity contribution in [3.63, 3.8) is 0 Å². The van der Waals surface area contributed by atoms with Crippen molar-refractivity contribution in [2.24, 2.45) is 5.92 Å². The van der Waals surface area contributed by atoms with E-state index in [1.807, 2.05) is 0 Å². The van der Waals surface area contributed by atoms with E-state index in [0.29, 0.717) is 10.7 Å². The van der Waals surface area contributed by atoms with Gasteiger partial charge in [-0.1, -0.05) is 35.9 Å². The number of nitrogens with one attached hydrogen (secondary N) is 2. The van der Waals surface area contributed by atoms with Crippen LogP contribution < -0.4 is 10.0 Å². The van der Waals surface area contributed by atoms with Gasteiger partial charge in [0.05, 0.1) is 15.9 Å². The fourth-order valence-corrected chi connectivity index (χ4v) is 5.82. The van der Waals surface area contributed by atoms with Gasteiger partial charge in [-0.15, -0.1) is 0 Å². The van der Waals surface area contributed by atoms with Crippen molar-refractivity contribution in [3.8, 4) is 0 Å². The normalized spacial score (nSPS) is 21.1. The van der Waals surface area contributed by atoms with Crippen LogP contribution in [0.25, 0.3) is 0 Å². The highest BCUT2D eigenvalue weighted by atomic mass is 35.5. The molecule has 3 atom stereocenters. The van der Waals surface area contributed by atoms with Crippen LogP contribution in [0, 0.1) is 16.0 Å². The molecule has 0 unspecified atom stereocenters. The van der Waals surface area contributed by atoms with Crippen molar-refractivity contribution in [1.29, 1.82) is 0 Å². The lowest BCUT2D eigenvalue weighted by Crippen LogP contribution is -2.29. The van der Waals surface area contributed by atoms with Crippen molar-refractivity contribution in [3.05, 3.63) is 105 Å². The van der Waals surface area contributed by atoms with Gasteiger partial charge >= 0.3 is 0 Å². The maximum absolute atomic E-state index is 13.0. The van der Waals surface area contributed by atoms with E-state index in [1.54, 1.807) is 54.6 Å². The number of nitro groups is 1.